The molecule has 0 radical (unpaired) electrons. The van der Waals surface area contributed by atoms with Crippen LogP contribution in [0.25, 0.3) is 0 Å². The summed E-state index contributed by atoms with van der Waals surface area (Å²) in [6.45, 7) is 0. The van der Waals surface area contributed by atoms with Gasteiger partial charge in [0.25, 0.3) is 5.91 Å². The Kier molecular flexibility index (Phi) is 4.44. The number of amides is 1. The monoisotopic (exact) mass is 272 g/mol. The minimum atomic E-state index is -0.396. The average Bonchev–Trinajstić information content (AvgIpc) is 2.49. The van der Waals surface area contributed by atoms with Gasteiger partial charge in [-0.2, -0.15) is 5.10 Å². The van der Waals surface area contributed by atoms with E-state index in [1.165, 1.54) is 19.4 Å². The maximum atomic E-state index is 13.3. The highest BCUT2D eigenvalue weighted by molar-refractivity contribution is 5.95. The topological polar surface area (TPSA) is 50.7 Å². The molecule has 2 aromatic carbocycles. The maximum absolute atomic E-state index is 13.3. The zero-order valence-electron chi connectivity index (χ0n) is 10.8. The number of hydrogen-bond acceptors (Lipinski definition) is 3. The van der Waals surface area contributed by atoms with Gasteiger partial charge in [0.2, 0.25) is 0 Å². The predicted molar refractivity (Wildman–Crippen MR) is 74.5 cm³/mol. The van der Waals surface area contributed by atoms with E-state index in [2.05, 4.69) is 10.5 Å². The molecule has 1 amide bonds. The number of nitrogens with one attached hydrogen (secondary N) is 1. The standard InChI is InChI=1S/C15H13FN2O2/c1-20-13-7-4-6-11(9-13)15(19)18-17-10-12-5-2-3-8-14(12)16/h2-10H,1H3,(H,18,19)/b17-10-. The summed E-state index contributed by atoms with van der Waals surface area (Å²) in [4.78, 5) is 11.8. The van der Waals surface area contributed by atoms with Crippen LogP contribution >= 0.6 is 0 Å². The lowest BCUT2D eigenvalue weighted by Gasteiger charge is -2.03. The van der Waals surface area contributed by atoms with E-state index in [4.69, 9.17) is 4.74 Å². The minimum absolute atomic E-state index is 0.304. The van der Waals surface area contributed by atoms with Gasteiger partial charge in [0.15, 0.2) is 0 Å². The average molecular weight is 272 g/mol. The molecule has 2 rings (SSSR count). The summed E-state index contributed by atoms with van der Waals surface area (Å²) in [5, 5.41) is 3.73. The van der Waals surface area contributed by atoms with Crippen LogP contribution < -0.4 is 10.2 Å². The Morgan fingerprint density at radius 1 is 1.25 bits per heavy atom. The molecule has 0 unspecified atom stereocenters. The fourth-order valence-electron chi connectivity index (χ4n) is 1.57. The fourth-order valence-corrected chi connectivity index (χ4v) is 1.57. The Bertz CT molecular complexity index is 641. The molecule has 0 saturated carbocycles. The lowest BCUT2D eigenvalue weighted by Crippen LogP contribution is -2.17. The van der Waals surface area contributed by atoms with E-state index < -0.39 is 11.7 Å². The van der Waals surface area contributed by atoms with Crippen molar-refractivity contribution in [2.24, 2.45) is 5.10 Å². The third-order valence-electron chi connectivity index (χ3n) is 2.61. The van der Waals surface area contributed by atoms with E-state index in [1.807, 2.05) is 0 Å². The fraction of sp³-hybridized carbons (Fsp3) is 0.0667. The van der Waals surface area contributed by atoms with Crippen molar-refractivity contribution in [1.82, 2.24) is 5.43 Å². The van der Waals surface area contributed by atoms with Crippen LogP contribution in [0.1, 0.15) is 15.9 Å². The van der Waals surface area contributed by atoms with Crippen molar-refractivity contribution in [2.45, 2.75) is 0 Å². The first-order valence-electron chi connectivity index (χ1n) is 5.92. The van der Waals surface area contributed by atoms with Crippen LogP contribution in [0.4, 0.5) is 4.39 Å². The van der Waals surface area contributed by atoms with Crippen LogP contribution in [0, 0.1) is 5.82 Å². The molecule has 0 spiro atoms. The zero-order valence-corrected chi connectivity index (χ0v) is 10.8. The van der Waals surface area contributed by atoms with Gasteiger partial charge in [-0.15, -0.1) is 0 Å². The van der Waals surface area contributed by atoms with E-state index in [0.29, 0.717) is 16.9 Å². The van der Waals surface area contributed by atoms with Crippen LogP contribution in [-0.4, -0.2) is 19.2 Å². The predicted octanol–water partition coefficient (Wildman–Crippen LogP) is 2.60. The highest BCUT2D eigenvalue weighted by atomic mass is 19.1. The number of rotatable bonds is 4. The minimum Gasteiger partial charge on any atom is -0.497 e. The Morgan fingerprint density at radius 2 is 2.05 bits per heavy atom. The van der Waals surface area contributed by atoms with Crippen molar-refractivity contribution in [3.63, 3.8) is 0 Å². The van der Waals surface area contributed by atoms with Crippen molar-refractivity contribution in [1.29, 1.82) is 0 Å². The number of carbonyl (C=O) groups is 1. The number of ether oxygens (including phenoxy) is 1. The summed E-state index contributed by atoms with van der Waals surface area (Å²) < 4.78 is 18.3. The third kappa shape index (κ3) is 3.41. The molecule has 0 aliphatic heterocycles. The van der Waals surface area contributed by atoms with Gasteiger partial charge in [-0.25, -0.2) is 9.82 Å². The second-order valence-corrected chi connectivity index (χ2v) is 3.95. The van der Waals surface area contributed by atoms with Gasteiger partial charge < -0.3 is 4.74 Å². The molecule has 1 N–H and O–H groups in total. The molecule has 0 heterocycles. The molecular formula is C15H13FN2O2. The van der Waals surface area contributed by atoms with Gasteiger partial charge in [-0.3, -0.25) is 4.79 Å². The third-order valence-corrected chi connectivity index (χ3v) is 2.61. The lowest BCUT2D eigenvalue weighted by atomic mass is 10.2. The number of halogens is 1. The first kappa shape index (κ1) is 13.7. The number of hydrazone groups is 1. The molecule has 0 bridgehead atoms. The molecule has 102 valence electrons. The molecule has 20 heavy (non-hydrogen) atoms. The first-order chi connectivity index (χ1) is 9.70. The normalized spacial score (nSPS) is 10.5. The molecule has 2 aromatic rings. The number of hydrogen-bond donors (Lipinski definition) is 1. The maximum Gasteiger partial charge on any atom is 0.271 e. The van der Waals surface area contributed by atoms with Gasteiger partial charge in [0.05, 0.1) is 13.3 Å². The Morgan fingerprint density at radius 3 is 2.80 bits per heavy atom. The molecule has 0 fully saturated rings. The number of nitrogens with zero attached hydrogens (tertiary/aromatic N) is 1. The summed E-state index contributed by atoms with van der Waals surface area (Å²) in [6.07, 6.45) is 1.26. The number of carbonyl (C=O) groups excluding carboxylic acids is 1. The van der Waals surface area contributed by atoms with Crippen LogP contribution in [0.5, 0.6) is 5.75 Å². The molecule has 0 aliphatic carbocycles. The first-order valence-corrected chi connectivity index (χ1v) is 5.92. The van der Waals surface area contributed by atoms with Crippen LogP contribution in [0.15, 0.2) is 53.6 Å². The smallest absolute Gasteiger partial charge is 0.271 e. The van der Waals surface area contributed by atoms with E-state index in [1.54, 1.807) is 42.5 Å². The van der Waals surface area contributed by atoms with E-state index >= 15 is 0 Å². The second-order valence-electron chi connectivity index (χ2n) is 3.95. The van der Waals surface area contributed by atoms with Gasteiger partial charge in [-0.1, -0.05) is 24.3 Å². The van der Waals surface area contributed by atoms with Crippen LogP contribution in [0.3, 0.4) is 0 Å². The molecule has 0 aliphatic rings. The van der Waals surface area contributed by atoms with E-state index in [9.17, 15) is 9.18 Å². The number of benzene rings is 2. The van der Waals surface area contributed by atoms with E-state index in [-0.39, 0.29) is 0 Å². The van der Waals surface area contributed by atoms with Crippen molar-refractivity contribution < 1.29 is 13.9 Å². The van der Waals surface area contributed by atoms with Crippen molar-refractivity contribution in [3.05, 3.63) is 65.5 Å². The summed E-state index contributed by atoms with van der Waals surface area (Å²) in [7, 11) is 1.52. The second kappa shape index (κ2) is 6.47. The van der Waals surface area contributed by atoms with Gasteiger partial charge in [0, 0.05) is 11.1 Å². The Hall–Kier alpha value is -2.69. The van der Waals surface area contributed by atoms with Gasteiger partial charge >= 0.3 is 0 Å². The molecule has 0 saturated heterocycles. The molecule has 5 heteroatoms. The SMILES string of the molecule is COc1cccc(C(=O)N/N=C\c2ccccc2F)c1. The van der Waals surface area contributed by atoms with Crippen molar-refractivity contribution >= 4 is 12.1 Å². The van der Waals surface area contributed by atoms with Crippen LogP contribution in [0.2, 0.25) is 0 Å². The summed E-state index contributed by atoms with van der Waals surface area (Å²) in [5.74, 6) is -0.209. The summed E-state index contributed by atoms with van der Waals surface area (Å²) in [5.41, 5.74) is 3.05. The quantitative estimate of drug-likeness (QED) is 0.687. The summed E-state index contributed by atoms with van der Waals surface area (Å²) >= 11 is 0. The largest absolute Gasteiger partial charge is 0.497 e. The summed E-state index contributed by atoms with van der Waals surface area (Å²) in [6, 6.07) is 12.8. The molecule has 4 nitrogen and oxygen atoms in total. The lowest BCUT2D eigenvalue weighted by molar-refractivity contribution is 0.0955. The zero-order chi connectivity index (χ0) is 14.4. The van der Waals surface area contributed by atoms with Crippen molar-refractivity contribution in [2.75, 3.05) is 7.11 Å². The van der Waals surface area contributed by atoms with Crippen LogP contribution in [-0.2, 0) is 0 Å². The molecular weight excluding hydrogens is 259 g/mol. The number of methoxy groups -OCH3 is 1. The molecule has 0 atom stereocenters. The highest BCUT2D eigenvalue weighted by Crippen LogP contribution is 2.12. The van der Waals surface area contributed by atoms with Crippen molar-refractivity contribution in [3.8, 4) is 5.75 Å². The Labute approximate surface area is 115 Å². The highest BCUT2D eigenvalue weighted by Gasteiger charge is 2.05. The van der Waals surface area contributed by atoms with Gasteiger partial charge in [-0.05, 0) is 24.3 Å². The van der Waals surface area contributed by atoms with Gasteiger partial charge in [0.1, 0.15) is 11.6 Å². The Balaban J connectivity index is 2.03. The molecule has 0 aromatic heterocycles. The van der Waals surface area contributed by atoms with E-state index in [0.717, 1.165) is 0 Å².